The predicted molar refractivity (Wildman–Crippen MR) is 86.0 cm³/mol. The zero-order valence-electron chi connectivity index (χ0n) is 11.9. The second-order valence-corrected chi connectivity index (χ2v) is 5.26. The Labute approximate surface area is 129 Å². The van der Waals surface area contributed by atoms with E-state index in [-0.39, 0.29) is 12.4 Å². The summed E-state index contributed by atoms with van der Waals surface area (Å²) >= 11 is 6.29. The van der Waals surface area contributed by atoms with Crippen molar-refractivity contribution in [3.05, 3.63) is 64.7 Å². The van der Waals surface area contributed by atoms with Gasteiger partial charge in [0.05, 0.1) is 17.3 Å². The van der Waals surface area contributed by atoms with E-state index in [0.29, 0.717) is 23.7 Å². The van der Waals surface area contributed by atoms with E-state index >= 15 is 0 Å². The van der Waals surface area contributed by atoms with Gasteiger partial charge in [-0.05, 0) is 30.7 Å². The molecule has 0 aliphatic rings. The lowest BCUT2D eigenvalue weighted by atomic mass is 10.1. The molecule has 0 atom stereocenters. The molecule has 0 fully saturated rings. The van der Waals surface area contributed by atoms with Crippen LogP contribution in [0.15, 0.2) is 48.5 Å². The SMILES string of the molecule is CC(=O)c1ccc(N(CCO)Cc2ccccc2)c(Cl)c1. The van der Waals surface area contributed by atoms with Gasteiger partial charge in [0, 0.05) is 18.7 Å². The minimum absolute atomic E-state index is 0.0137. The third-order valence-corrected chi connectivity index (χ3v) is 3.58. The first-order valence-corrected chi connectivity index (χ1v) is 7.20. The third kappa shape index (κ3) is 4.06. The second-order valence-electron chi connectivity index (χ2n) is 4.85. The Hall–Kier alpha value is -1.84. The first-order valence-electron chi connectivity index (χ1n) is 6.82. The molecule has 0 spiro atoms. The molecule has 0 aliphatic heterocycles. The summed E-state index contributed by atoms with van der Waals surface area (Å²) in [5.41, 5.74) is 2.55. The average Bonchev–Trinajstić information content (AvgIpc) is 2.48. The Kier molecular flexibility index (Phi) is 5.37. The van der Waals surface area contributed by atoms with Gasteiger partial charge in [0.25, 0.3) is 0 Å². The fourth-order valence-electron chi connectivity index (χ4n) is 2.19. The van der Waals surface area contributed by atoms with Gasteiger partial charge in [-0.25, -0.2) is 0 Å². The standard InChI is InChI=1S/C17H18ClNO2/c1-13(21)15-7-8-17(16(18)11-15)19(9-10-20)12-14-5-3-2-4-6-14/h2-8,11,20H,9-10,12H2,1H3. The zero-order valence-corrected chi connectivity index (χ0v) is 12.7. The highest BCUT2D eigenvalue weighted by Gasteiger charge is 2.12. The molecular weight excluding hydrogens is 286 g/mol. The maximum atomic E-state index is 11.4. The normalized spacial score (nSPS) is 10.4. The molecule has 0 aliphatic carbocycles. The molecule has 0 amide bonds. The average molecular weight is 304 g/mol. The van der Waals surface area contributed by atoms with Gasteiger partial charge in [0.15, 0.2) is 5.78 Å². The van der Waals surface area contributed by atoms with Crippen molar-refractivity contribution in [3.63, 3.8) is 0 Å². The summed E-state index contributed by atoms with van der Waals surface area (Å²) < 4.78 is 0. The van der Waals surface area contributed by atoms with Crippen molar-refractivity contribution in [1.82, 2.24) is 0 Å². The number of hydrogen-bond donors (Lipinski definition) is 1. The van der Waals surface area contributed by atoms with Gasteiger partial charge < -0.3 is 10.0 Å². The van der Waals surface area contributed by atoms with E-state index in [9.17, 15) is 9.90 Å². The molecule has 0 heterocycles. The van der Waals surface area contributed by atoms with Crippen molar-refractivity contribution in [1.29, 1.82) is 0 Å². The molecule has 0 aromatic heterocycles. The first kappa shape index (κ1) is 15.5. The number of anilines is 1. The molecule has 21 heavy (non-hydrogen) atoms. The van der Waals surface area contributed by atoms with Crippen LogP contribution in [0.5, 0.6) is 0 Å². The largest absolute Gasteiger partial charge is 0.395 e. The molecular formula is C17H18ClNO2. The van der Waals surface area contributed by atoms with E-state index in [1.54, 1.807) is 12.1 Å². The summed E-state index contributed by atoms with van der Waals surface area (Å²) in [4.78, 5) is 13.4. The van der Waals surface area contributed by atoms with Gasteiger partial charge >= 0.3 is 0 Å². The minimum Gasteiger partial charge on any atom is -0.395 e. The van der Waals surface area contributed by atoms with E-state index in [1.165, 1.54) is 6.92 Å². The molecule has 0 radical (unpaired) electrons. The van der Waals surface area contributed by atoms with E-state index in [4.69, 9.17) is 11.6 Å². The number of carbonyl (C=O) groups is 1. The highest BCUT2D eigenvalue weighted by Crippen LogP contribution is 2.28. The van der Waals surface area contributed by atoms with E-state index in [0.717, 1.165) is 11.3 Å². The van der Waals surface area contributed by atoms with Gasteiger partial charge in [0.2, 0.25) is 0 Å². The van der Waals surface area contributed by atoms with Crippen LogP contribution >= 0.6 is 11.6 Å². The molecule has 4 heteroatoms. The molecule has 110 valence electrons. The van der Waals surface area contributed by atoms with Crippen LogP contribution in [-0.4, -0.2) is 24.0 Å². The Bertz CT molecular complexity index is 613. The van der Waals surface area contributed by atoms with Crippen molar-refractivity contribution in [3.8, 4) is 0 Å². The second kappa shape index (κ2) is 7.25. The van der Waals surface area contributed by atoms with Crippen LogP contribution in [0.2, 0.25) is 5.02 Å². The molecule has 1 N–H and O–H groups in total. The molecule has 3 nitrogen and oxygen atoms in total. The van der Waals surface area contributed by atoms with Crippen molar-refractivity contribution in [2.75, 3.05) is 18.1 Å². The maximum absolute atomic E-state index is 11.4. The van der Waals surface area contributed by atoms with Crippen molar-refractivity contribution < 1.29 is 9.90 Å². The van der Waals surface area contributed by atoms with E-state index < -0.39 is 0 Å². The smallest absolute Gasteiger partial charge is 0.159 e. The van der Waals surface area contributed by atoms with Crippen molar-refractivity contribution in [2.45, 2.75) is 13.5 Å². The number of rotatable bonds is 6. The highest BCUT2D eigenvalue weighted by atomic mass is 35.5. The third-order valence-electron chi connectivity index (χ3n) is 3.28. The molecule has 0 unspecified atom stereocenters. The number of hydrogen-bond acceptors (Lipinski definition) is 3. The highest BCUT2D eigenvalue weighted by molar-refractivity contribution is 6.33. The summed E-state index contributed by atoms with van der Waals surface area (Å²) in [5.74, 6) is -0.0137. The predicted octanol–water partition coefficient (Wildman–Crippen LogP) is 3.54. The van der Waals surface area contributed by atoms with E-state index in [2.05, 4.69) is 0 Å². The quantitative estimate of drug-likeness (QED) is 0.830. The number of halogens is 1. The maximum Gasteiger partial charge on any atom is 0.159 e. The Morgan fingerprint density at radius 1 is 1.19 bits per heavy atom. The van der Waals surface area contributed by atoms with Crippen LogP contribution in [0, 0.1) is 0 Å². The minimum atomic E-state index is -0.0137. The number of nitrogens with zero attached hydrogens (tertiary/aromatic N) is 1. The first-order chi connectivity index (χ1) is 10.1. The van der Waals surface area contributed by atoms with Gasteiger partial charge in [0.1, 0.15) is 0 Å². The van der Waals surface area contributed by atoms with Crippen LogP contribution in [0.1, 0.15) is 22.8 Å². The number of benzene rings is 2. The number of Topliss-reactive ketones (excluding diaryl/α,β-unsaturated/α-hetero) is 1. The number of carbonyl (C=O) groups excluding carboxylic acids is 1. The molecule has 2 aromatic rings. The zero-order chi connectivity index (χ0) is 15.2. The van der Waals surface area contributed by atoms with Crippen LogP contribution < -0.4 is 4.90 Å². The number of aliphatic hydroxyl groups is 1. The topological polar surface area (TPSA) is 40.5 Å². The Morgan fingerprint density at radius 3 is 2.48 bits per heavy atom. The van der Waals surface area contributed by atoms with Crippen LogP contribution in [0.4, 0.5) is 5.69 Å². The number of aliphatic hydroxyl groups excluding tert-OH is 1. The Balaban J connectivity index is 2.27. The van der Waals surface area contributed by atoms with Crippen LogP contribution in [-0.2, 0) is 6.54 Å². The summed E-state index contributed by atoms with van der Waals surface area (Å²) in [6, 6.07) is 15.3. The van der Waals surface area contributed by atoms with Gasteiger partial charge in [-0.15, -0.1) is 0 Å². The lowest BCUT2D eigenvalue weighted by molar-refractivity contribution is 0.101. The van der Waals surface area contributed by atoms with Crippen molar-refractivity contribution >= 4 is 23.1 Å². The van der Waals surface area contributed by atoms with E-state index in [1.807, 2.05) is 41.3 Å². The molecule has 2 rings (SSSR count). The lowest BCUT2D eigenvalue weighted by Crippen LogP contribution is -2.26. The molecule has 0 saturated heterocycles. The van der Waals surface area contributed by atoms with Crippen LogP contribution in [0.3, 0.4) is 0 Å². The van der Waals surface area contributed by atoms with Crippen LogP contribution in [0.25, 0.3) is 0 Å². The molecule has 0 bridgehead atoms. The fraction of sp³-hybridized carbons (Fsp3) is 0.235. The lowest BCUT2D eigenvalue weighted by Gasteiger charge is -2.25. The monoisotopic (exact) mass is 303 g/mol. The summed E-state index contributed by atoms with van der Waals surface area (Å²) in [6.45, 7) is 2.69. The van der Waals surface area contributed by atoms with Gasteiger partial charge in [-0.2, -0.15) is 0 Å². The summed E-state index contributed by atoms with van der Waals surface area (Å²) in [7, 11) is 0. The Morgan fingerprint density at radius 2 is 1.90 bits per heavy atom. The fourth-order valence-corrected chi connectivity index (χ4v) is 2.49. The number of ketones is 1. The molecule has 0 saturated carbocycles. The molecule has 2 aromatic carbocycles. The van der Waals surface area contributed by atoms with Gasteiger partial charge in [-0.3, -0.25) is 4.79 Å². The van der Waals surface area contributed by atoms with Gasteiger partial charge in [-0.1, -0.05) is 41.9 Å². The van der Waals surface area contributed by atoms with Crippen molar-refractivity contribution in [2.24, 2.45) is 0 Å². The summed E-state index contributed by atoms with van der Waals surface area (Å²) in [5, 5.41) is 9.79. The summed E-state index contributed by atoms with van der Waals surface area (Å²) in [6.07, 6.45) is 0.